The highest BCUT2D eigenvalue weighted by Gasteiger charge is 2.48. The van der Waals surface area contributed by atoms with Crippen LogP contribution in [-0.4, -0.2) is 40.4 Å². The average Bonchev–Trinajstić information content (AvgIpc) is 3.44. The van der Waals surface area contributed by atoms with Gasteiger partial charge >= 0.3 is 6.16 Å². The minimum atomic E-state index is -2.87. The molecule has 1 aliphatic carbocycles. The summed E-state index contributed by atoms with van der Waals surface area (Å²) < 4.78 is 48.9. The number of carbonyl (C=O) groups is 1. The van der Waals surface area contributed by atoms with Crippen LogP contribution in [0.5, 0.6) is 23.0 Å². The molecule has 0 bridgehead atoms. The SMILES string of the molecule is CC(C)(C)[P@@]1(=O)COc2cccc(O)c21.CC(C)[C@H]1CC[C@H](C)C[C@@H]1OC(=O)Oc1cccc2c1[P@@](=O)(C(C)(C)C)CO2. The molecular formula is C33H48O8P2. The molecule has 2 aliphatic heterocycles. The Hall–Kier alpha value is -2.43. The fraction of sp³-hybridized carbons (Fsp3) is 0.606. The maximum Gasteiger partial charge on any atom is 0.514 e. The molecule has 43 heavy (non-hydrogen) atoms. The highest BCUT2D eigenvalue weighted by Crippen LogP contribution is 2.64. The quantitative estimate of drug-likeness (QED) is 0.204. The number of rotatable bonds is 3. The lowest BCUT2D eigenvalue weighted by Gasteiger charge is -2.36. The number of phenols is 1. The maximum atomic E-state index is 13.7. The van der Waals surface area contributed by atoms with Crippen LogP contribution >= 0.6 is 14.3 Å². The van der Waals surface area contributed by atoms with E-state index in [1.54, 1.807) is 36.4 Å². The summed E-state index contributed by atoms with van der Waals surface area (Å²) in [4.78, 5) is 12.6. The van der Waals surface area contributed by atoms with Crippen LogP contribution in [0.15, 0.2) is 36.4 Å². The van der Waals surface area contributed by atoms with Crippen LogP contribution < -0.4 is 24.8 Å². The number of phenolic OH excluding ortho intramolecular Hbond substituents is 1. The summed E-state index contributed by atoms with van der Waals surface area (Å²) in [7, 11) is -5.53. The monoisotopic (exact) mass is 634 g/mol. The average molecular weight is 635 g/mol. The third-order valence-electron chi connectivity index (χ3n) is 9.04. The number of carbonyl (C=O) groups excluding carboxylic acids is 1. The van der Waals surface area contributed by atoms with Gasteiger partial charge in [-0.05, 0) is 54.9 Å². The molecule has 238 valence electrons. The molecule has 8 nitrogen and oxygen atoms in total. The number of ether oxygens (including phenoxy) is 4. The molecule has 3 aliphatic rings. The van der Waals surface area contributed by atoms with E-state index >= 15 is 0 Å². The van der Waals surface area contributed by atoms with Crippen LogP contribution in [0.3, 0.4) is 0 Å². The van der Waals surface area contributed by atoms with Gasteiger partial charge in [0.25, 0.3) is 0 Å². The van der Waals surface area contributed by atoms with E-state index in [1.165, 1.54) is 0 Å². The van der Waals surface area contributed by atoms with Gasteiger partial charge in [0.15, 0.2) is 14.3 Å². The standard InChI is InChI=1S/C22H33O5P.C11H15O3P/c1-14(2)16-11-10-15(3)12-19(16)27-21(23)26-18-9-7-8-17-20(18)28(24,13-25-17)22(4,5)6;1-11(2,3)15(13)7-14-9-6-4-5-8(12)10(9)15/h7-9,14-16,19H,10-13H2,1-6H3;4-6,12H,7H2,1-3H3/t15-,16+,19-,28+;15-/m01/s1. The molecule has 0 aromatic heterocycles. The summed E-state index contributed by atoms with van der Waals surface area (Å²) >= 11 is 0. The fourth-order valence-electron chi connectivity index (χ4n) is 6.04. The second-order valence-electron chi connectivity index (χ2n) is 14.4. The Balaban J connectivity index is 0.000000237. The molecule has 0 unspecified atom stereocenters. The minimum Gasteiger partial charge on any atom is -0.507 e. The second kappa shape index (κ2) is 12.2. The highest BCUT2D eigenvalue weighted by atomic mass is 31.2. The van der Waals surface area contributed by atoms with Gasteiger partial charge in [0, 0.05) is 10.3 Å². The zero-order chi connectivity index (χ0) is 32.0. The van der Waals surface area contributed by atoms with Crippen molar-refractivity contribution in [3.05, 3.63) is 36.4 Å². The molecule has 0 amide bonds. The van der Waals surface area contributed by atoms with E-state index in [0.29, 0.717) is 45.6 Å². The third-order valence-corrected chi connectivity index (χ3v) is 16.7. The maximum absolute atomic E-state index is 13.7. The van der Waals surface area contributed by atoms with Crippen molar-refractivity contribution in [2.45, 2.75) is 98.0 Å². The van der Waals surface area contributed by atoms with Crippen molar-refractivity contribution in [3.63, 3.8) is 0 Å². The molecule has 10 heteroatoms. The van der Waals surface area contributed by atoms with Crippen molar-refractivity contribution >= 4 is 31.0 Å². The lowest BCUT2D eigenvalue weighted by molar-refractivity contribution is -0.0135. The van der Waals surface area contributed by atoms with Gasteiger partial charge in [0.1, 0.15) is 47.1 Å². The van der Waals surface area contributed by atoms with E-state index in [2.05, 4.69) is 20.8 Å². The van der Waals surface area contributed by atoms with Gasteiger partial charge in [-0.2, -0.15) is 0 Å². The van der Waals surface area contributed by atoms with Crippen molar-refractivity contribution in [2.24, 2.45) is 17.8 Å². The Morgan fingerprint density at radius 2 is 1.42 bits per heavy atom. The summed E-state index contributed by atoms with van der Waals surface area (Å²) in [6.07, 6.45) is 2.55. The van der Waals surface area contributed by atoms with Crippen LogP contribution in [-0.2, 0) is 13.9 Å². The van der Waals surface area contributed by atoms with Crippen LogP contribution in [0.4, 0.5) is 4.79 Å². The molecule has 0 saturated heterocycles. The first kappa shape index (κ1) is 33.5. The van der Waals surface area contributed by atoms with Gasteiger partial charge in [-0.15, -0.1) is 0 Å². The first-order chi connectivity index (χ1) is 19.9. The van der Waals surface area contributed by atoms with Crippen LogP contribution in [0.2, 0.25) is 0 Å². The zero-order valence-corrected chi connectivity index (χ0v) is 28.8. The first-order valence-electron chi connectivity index (χ1n) is 15.2. The lowest BCUT2D eigenvalue weighted by atomic mass is 9.75. The number of hydrogen-bond acceptors (Lipinski definition) is 8. The second-order valence-corrected chi connectivity index (χ2v) is 21.5. The summed E-state index contributed by atoms with van der Waals surface area (Å²) in [5.41, 5.74) is 0. The predicted molar refractivity (Wildman–Crippen MR) is 172 cm³/mol. The largest absolute Gasteiger partial charge is 0.514 e. The van der Waals surface area contributed by atoms with Gasteiger partial charge < -0.3 is 33.2 Å². The molecule has 2 aromatic carbocycles. The van der Waals surface area contributed by atoms with E-state index in [0.717, 1.165) is 19.3 Å². The number of hydrogen-bond donors (Lipinski definition) is 1. The molecule has 0 radical (unpaired) electrons. The molecule has 5 atom stereocenters. The topological polar surface area (TPSA) is 108 Å². The summed E-state index contributed by atoms with van der Waals surface area (Å²) in [6, 6.07) is 10.2. The Kier molecular flexibility index (Phi) is 9.46. The number of benzene rings is 2. The van der Waals surface area contributed by atoms with E-state index < -0.39 is 25.6 Å². The molecule has 2 heterocycles. The molecule has 0 spiro atoms. The Morgan fingerprint density at radius 1 is 0.884 bits per heavy atom. The van der Waals surface area contributed by atoms with E-state index in [-0.39, 0.29) is 29.7 Å². The Labute approximate surface area is 256 Å². The number of fused-ring (bicyclic) bond motifs is 2. The van der Waals surface area contributed by atoms with Gasteiger partial charge in [-0.3, -0.25) is 0 Å². The normalized spacial score (nSPS) is 28.1. The van der Waals surface area contributed by atoms with Crippen LogP contribution in [0.25, 0.3) is 0 Å². The van der Waals surface area contributed by atoms with E-state index in [4.69, 9.17) is 18.9 Å². The summed E-state index contributed by atoms with van der Waals surface area (Å²) in [5.74, 6) is 2.80. The van der Waals surface area contributed by atoms with Crippen molar-refractivity contribution in [1.29, 1.82) is 0 Å². The van der Waals surface area contributed by atoms with Gasteiger partial charge in [-0.1, -0.05) is 80.9 Å². The van der Waals surface area contributed by atoms with Crippen molar-refractivity contribution in [3.8, 4) is 23.0 Å². The molecule has 1 saturated carbocycles. The minimum absolute atomic E-state index is 0.0864. The summed E-state index contributed by atoms with van der Waals surface area (Å²) in [6.45, 7) is 18.1. The van der Waals surface area contributed by atoms with E-state index in [1.807, 2.05) is 41.5 Å². The van der Waals surface area contributed by atoms with Crippen molar-refractivity contribution < 1.29 is 38.0 Å². The first-order valence-corrected chi connectivity index (χ1v) is 19.0. The highest BCUT2D eigenvalue weighted by molar-refractivity contribution is 7.74. The van der Waals surface area contributed by atoms with Gasteiger partial charge in [-0.25, -0.2) is 4.79 Å². The molecule has 2 aromatic rings. The fourth-order valence-corrected chi connectivity index (χ4v) is 11.0. The van der Waals surface area contributed by atoms with Crippen LogP contribution in [0.1, 0.15) is 81.6 Å². The zero-order valence-electron chi connectivity index (χ0n) is 27.0. The molecule has 5 rings (SSSR count). The Bertz CT molecular complexity index is 1440. The Morgan fingerprint density at radius 3 is 1.98 bits per heavy atom. The smallest absolute Gasteiger partial charge is 0.507 e. The molecule has 1 N–H and O–H groups in total. The van der Waals surface area contributed by atoms with Gasteiger partial charge in [0.2, 0.25) is 0 Å². The predicted octanol–water partition coefficient (Wildman–Crippen LogP) is 8.33. The lowest BCUT2D eigenvalue weighted by Crippen LogP contribution is -2.36. The van der Waals surface area contributed by atoms with Crippen molar-refractivity contribution in [1.82, 2.24) is 0 Å². The third kappa shape index (κ3) is 6.52. The summed E-state index contributed by atoms with van der Waals surface area (Å²) in [5, 5.41) is 9.95. The number of aromatic hydroxyl groups is 1. The van der Waals surface area contributed by atoms with Crippen LogP contribution in [0, 0.1) is 17.8 Å². The molecule has 1 fully saturated rings. The van der Waals surface area contributed by atoms with Crippen molar-refractivity contribution in [2.75, 3.05) is 12.7 Å². The van der Waals surface area contributed by atoms with E-state index in [9.17, 15) is 19.0 Å². The molecular weight excluding hydrogens is 586 g/mol. The van der Waals surface area contributed by atoms with Gasteiger partial charge in [0.05, 0.1) is 5.30 Å².